The van der Waals surface area contributed by atoms with Crippen LogP contribution in [-0.2, 0) is 12.7 Å². The van der Waals surface area contributed by atoms with Gasteiger partial charge in [-0.2, -0.15) is 13.2 Å². The molecule has 3 nitrogen and oxygen atoms in total. The lowest BCUT2D eigenvalue weighted by molar-refractivity contribution is -0.137. The SMILES string of the molecule is C.COc1cc(F)cc(F)c1.NCCCNCc1cccc(C(F)(F)F)c1. The molecule has 152 valence electrons. The fourth-order valence-corrected chi connectivity index (χ4v) is 1.96. The molecule has 0 aliphatic heterocycles. The van der Waals surface area contributed by atoms with E-state index in [9.17, 15) is 22.0 Å². The van der Waals surface area contributed by atoms with Crippen LogP contribution in [0.25, 0.3) is 0 Å². The van der Waals surface area contributed by atoms with Gasteiger partial charge in [0.2, 0.25) is 0 Å². The van der Waals surface area contributed by atoms with Gasteiger partial charge in [0.25, 0.3) is 0 Å². The van der Waals surface area contributed by atoms with Crippen molar-refractivity contribution in [2.75, 3.05) is 20.2 Å². The predicted molar refractivity (Wildman–Crippen MR) is 96.5 cm³/mol. The summed E-state index contributed by atoms with van der Waals surface area (Å²) in [6, 6.07) is 8.35. The summed E-state index contributed by atoms with van der Waals surface area (Å²) < 4.78 is 66.3. The van der Waals surface area contributed by atoms with Gasteiger partial charge in [0.1, 0.15) is 17.4 Å². The van der Waals surface area contributed by atoms with Gasteiger partial charge in [-0.25, -0.2) is 8.78 Å². The zero-order valence-corrected chi connectivity index (χ0v) is 14.2. The minimum absolute atomic E-state index is 0. The number of nitrogens with one attached hydrogen (secondary N) is 1. The molecule has 0 atom stereocenters. The molecule has 0 fully saturated rings. The number of benzene rings is 2. The summed E-state index contributed by atoms with van der Waals surface area (Å²) in [5.41, 5.74) is 5.33. The highest BCUT2D eigenvalue weighted by molar-refractivity contribution is 5.25. The van der Waals surface area contributed by atoms with E-state index in [1.165, 1.54) is 13.2 Å². The van der Waals surface area contributed by atoms with E-state index in [-0.39, 0.29) is 13.2 Å². The van der Waals surface area contributed by atoms with Crippen molar-refractivity contribution < 1.29 is 26.7 Å². The van der Waals surface area contributed by atoms with Crippen molar-refractivity contribution >= 4 is 0 Å². The summed E-state index contributed by atoms with van der Waals surface area (Å²) in [5.74, 6) is -1.06. The number of alkyl halides is 3. The number of halogens is 5. The summed E-state index contributed by atoms with van der Waals surface area (Å²) in [7, 11) is 1.36. The lowest BCUT2D eigenvalue weighted by Crippen LogP contribution is -2.18. The number of nitrogens with two attached hydrogens (primary N) is 1. The average Bonchev–Trinajstić information content (AvgIpc) is 2.58. The molecule has 2 rings (SSSR count). The zero-order valence-electron chi connectivity index (χ0n) is 14.2. The Morgan fingerprint density at radius 2 is 1.67 bits per heavy atom. The third-order valence-corrected chi connectivity index (χ3v) is 3.21. The van der Waals surface area contributed by atoms with Crippen molar-refractivity contribution in [3.05, 3.63) is 65.2 Å². The van der Waals surface area contributed by atoms with Gasteiger partial charge in [0.15, 0.2) is 0 Å². The molecule has 0 saturated carbocycles. The van der Waals surface area contributed by atoms with E-state index < -0.39 is 23.4 Å². The molecule has 2 aromatic carbocycles. The zero-order chi connectivity index (χ0) is 19.6. The third kappa shape index (κ3) is 9.91. The van der Waals surface area contributed by atoms with Crippen molar-refractivity contribution in [3.8, 4) is 5.75 Å². The van der Waals surface area contributed by atoms with Crippen molar-refractivity contribution in [1.29, 1.82) is 0 Å². The third-order valence-electron chi connectivity index (χ3n) is 3.21. The molecule has 0 saturated heterocycles. The van der Waals surface area contributed by atoms with Crippen LogP contribution >= 0.6 is 0 Å². The van der Waals surface area contributed by atoms with Crippen molar-refractivity contribution in [2.45, 2.75) is 26.6 Å². The van der Waals surface area contributed by atoms with Gasteiger partial charge >= 0.3 is 6.18 Å². The van der Waals surface area contributed by atoms with Gasteiger partial charge in [-0.3, -0.25) is 0 Å². The second-order valence-electron chi connectivity index (χ2n) is 5.33. The van der Waals surface area contributed by atoms with Crippen LogP contribution in [0.2, 0.25) is 0 Å². The van der Waals surface area contributed by atoms with Crippen LogP contribution in [0.4, 0.5) is 22.0 Å². The molecule has 0 amide bonds. The highest BCUT2D eigenvalue weighted by Crippen LogP contribution is 2.29. The monoisotopic (exact) mass is 392 g/mol. The van der Waals surface area contributed by atoms with Crippen molar-refractivity contribution in [1.82, 2.24) is 5.32 Å². The lowest BCUT2D eigenvalue weighted by Gasteiger charge is -2.09. The van der Waals surface area contributed by atoms with E-state index in [1.54, 1.807) is 6.07 Å². The first-order valence-electron chi connectivity index (χ1n) is 7.83. The van der Waals surface area contributed by atoms with Crippen molar-refractivity contribution in [3.63, 3.8) is 0 Å². The molecule has 8 heteroatoms. The summed E-state index contributed by atoms with van der Waals surface area (Å²) >= 11 is 0. The predicted octanol–water partition coefficient (Wildman–Crippen LogP) is 4.75. The molecule has 2 aromatic rings. The quantitative estimate of drug-likeness (QED) is 0.551. The molecule has 0 unspecified atom stereocenters. The molecule has 3 N–H and O–H groups in total. The first-order chi connectivity index (χ1) is 12.3. The highest BCUT2D eigenvalue weighted by Gasteiger charge is 2.30. The Labute approximate surface area is 156 Å². The lowest BCUT2D eigenvalue weighted by atomic mass is 10.1. The normalized spacial score (nSPS) is 10.5. The second kappa shape index (κ2) is 12.2. The minimum Gasteiger partial charge on any atom is -0.497 e. The topological polar surface area (TPSA) is 47.3 Å². The summed E-state index contributed by atoms with van der Waals surface area (Å²) in [6.07, 6.45) is -3.45. The number of hydrogen-bond acceptors (Lipinski definition) is 3. The van der Waals surface area contributed by atoms with Crippen LogP contribution in [0.15, 0.2) is 42.5 Å². The van der Waals surface area contributed by atoms with Gasteiger partial charge in [-0.05, 0) is 31.1 Å². The maximum atomic E-state index is 12.4. The first kappa shape index (κ1) is 24.8. The summed E-state index contributed by atoms with van der Waals surface area (Å²) in [5, 5.41) is 3.03. The van der Waals surface area contributed by atoms with E-state index in [2.05, 4.69) is 10.1 Å². The molecular formula is C19H25F5N2O. The minimum atomic E-state index is -4.27. The van der Waals surface area contributed by atoms with E-state index in [0.29, 0.717) is 25.2 Å². The van der Waals surface area contributed by atoms with Crippen molar-refractivity contribution in [2.24, 2.45) is 5.73 Å². The standard InChI is InChI=1S/C11H15F3N2.C7H6F2O.CH4/c12-11(13,14)10-4-1-3-9(7-10)8-16-6-2-5-15;1-10-7-3-5(8)2-6(9)4-7;/h1,3-4,7,16H,2,5-6,8,15H2;2-4H,1H3;1H4. The average molecular weight is 392 g/mol. The number of methoxy groups -OCH3 is 1. The van der Waals surface area contributed by atoms with E-state index in [4.69, 9.17) is 5.73 Å². The Kier molecular flexibility index (Phi) is 11.2. The van der Waals surface area contributed by atoms with Crippen LogP contribution in [0.1, 0.15) is 25.0 Å². The maximum absolute atomic E-state index is 12.4. The van der Waals surface area contributed by atoms with E-state index >= 15 is 0 Å². The summed E-state index contributed by atoms with van der Waals surface area (Å²) in [4.78, 5) is 0. The Morgan fingerprint density at radius 1 is 1.04 bits per heavy atom. The molecule has 0 aromatic heterocycles. The second-order valence-corrected chi connectivity index (χ2v) is 5.33. The van der Waals surface area contributed by atoms with E-state index in [0.717, 1.165) is 36.8 Å². The molecule has 0 aliphatic carbocycles. The van der Waals surface area contributed by atoms with Gasteiger partial charge in [0, 0.05) is 24.7 Å². The fraction of sp³-hybridized carbons (Fsp3) is 0.368. The number of ether oxygens (including phenoxy) is 1. The first-order valence-corrected chi connectivity index (χ1v) is 7.83. The Bertz CT molecular complexity index is 657. The molecule has 0 radical (unpaired) electrons. The Morgan fingerprint density at radius 3 is 2.19 bits per heavy atom. The highest BCUT2D eigenvalue weighted by atomic mass is 19.4. The van der Waals surface area contributed by atoms with Gasteiger partial charge < -0.3 is 15.8 Å². The molecule has 27 heavy (non-hydrogen) atoms. The smallest absolute Gasteiger partial charge is 0.416 e. The Balaban J connectivity index is 0.000000531. The van der Waals surface area contributed by atoms with Crippen LogP contribution < -0.4 is 15.8 Å². The van der Waals surface area contributed by atoms with Gasteiger partial charge in [-0.15, -0.1) is 0 Å². The Hall–Kier alpha value is -2.19. The number of rotatable bonds is 6. The van der Waals surface area contributed by atoms with Crippen LogP contribution in [0, 0.1) is 11.6 Å². The van der Waals surface area contributed by atoms with E-state index in [1.807, 2.05) is 0 Å². The fourth-order valence-electron chi connectivity index (χ4n) is 1.96. The molecule has 0 bridgehead atoms. The van der Waals surface area contributed by atoms with Crippen LogP contribution in [-0.4, -0.2) is 20.2 Å². The molecule has 0 aliphatic rings. The maximum Gasteiger partial charge on any atom is 0.416 e. The van der Waals surface area contributed by atoms with Crippen LogP contribution in [0.5, 0.6) is 5.75 Å². The number of hydrogen-bond donors (Lipinski definition) is 2. The van der Waals surface area contributed by atoms with Gasteiger partial charge in [0.05, 0.1) is 12.7 Å². The summed E-state index contributed by atoms with van der Waals surface area (Å²) in [6.45, 7) is 1.73. The molecular weight excluding hydrogens is 367 g/mol. The van der Waals surface area contributed by atoms with Gasteiger partial charge in [-0.1, -0.05) is 25.6 Å². The molecule has 0 spiro atoms. The molecule has 0 heterocycles. The van der Waals surface area contributed by atoms with Crippen LogP contribution in [0.3, 0.4) is 0 Å². The largest absolute Gasteiger partial charge is 0.497 e.